The first-order chi connectivity index (χ1) is 12.9. The average Bonchev–Trinajstić information content (AvgIpc) is 3.26. The van der Waals surface area contributed by atoms with Crippen LogP contribution >= 0.6 is 35.7 Å². The van der Waals surface area contributed by atoms with Gasteiger partial charge in [0.2, 0.25) is 0 Å². The molecule has 162 valence electrons. The van der Waals surface area contributed by atoms with E-state index in [1.165, 1.54) is 25.7 Å². The second-order valence-corrected chi connectivity index (χ2v) is 7.34. The topological polar surface area (TPSA) is 67.1 Å². The molecule has 0 spiro atoms. The molecule has 0 aliphatic heterocycles. The van der Waals surface area contributed by atoms with Crippen molar-refractivity contribution in [3.63, 3.8) is 0 Å². The first-order valence-electron chi connectivity index (χ1n) is 9.51. The van der Waals surface area contributed by atoms with Gasteiger partial charge in [-0.1, -0.05) is 24.6 Å². The third-order valence-corrected chi connectivity index (χ3v) is 5.12. The zero-order valence-corrected chi connectivity index (χ0v) is 19.5. The summed E-state index contributed by atoms with van der Waals surface area (Å²) in [4.78, 5) is 4.37. The summed E-state index contributed by atoms with van der Waals surface area (Å²) in [5, 5.41) is 15.3. The number of halogens is 4. The van der Waals surface area contributed by atoms with Crippen LogP contribution in [0.4, 0.5) is 13.2 Å². The minimum absolute atomic E-state index is 0. The standard InChI is InChI=1S/C17H29F3N6S.HI/c1-3-21-15(23-12-10-17(18,19)20)22-11-6-9-14-24-25-16(27-2)26(14)13-7-4-5-8-13;/h13H,3-12H2,1-2H3,(H2,21,22,23);1H. The molecular weight excluding hydrogens is 504 g/mol. The van der Waals surface area contributed by atoms with Crippen LogP contribution in [0.3, 0.4) is 0 Å². The molecule has 1 aromatic heterocycles. The molecule has 0 saturated heterocycles. The lowest BCUT2D eigenvalue weighted by Gasteiger charge is -2.16. The fourth-order valence-corrected chi connectivity index (χ4v) is 3.81. The smallest absolute Gasteiger partial charge is 0.357 e. The first kappa shape index (κ1) is 25.3. The van der Waals surface area contributed by atoms with Crippen molar-refractivity contribution in [1.82, 2.24) is 25.4 Å². The van der Waals surface area contributed by atoms with Crippen molar-refractivity contribution in [2.24, 2.45) is 4.99 Å². The van der Waals surface area contributed by atoms with Gasteiger partial charge in [0, 0.05) is 32.1 Å². The van der Waals surface area contributed by atoms with E-state index in [9.17, 15) is 13.2 Å². The molecule has 1 fully saturated rings. The predicted octanol–water partition coefficient (Wildman–Crippen LogP) is 4.17. The molecule has 6 nitrogen and oxygen atoms in total. The highest BCUT2D eigenvalue weighted by Gasteiger charge is 2.26. The van der Waals surface area contributed by atoms with Gasteiger partial charge < -0.3 is 15.2 Å². The molecule has 0 radical (unpaired) electrons. The number of nitrogens with one attached hydrogen (secondary N) is 2. The van der Waals surface area contributed by atoms with Crippen LogP contribution < -0.4 is 10.6 Å². The highest BCUT2D eigenvalue weighted by Crippen LogP contribution is 2.33. The molecule has 1 aliphatic carbocycles. The van der Waals surface area contributed by atoms with Crippen LogP contribution in [0.2, 0.25) is 0 Å². The molecule has 2 N–H and O–H groups in total. The summed E-state index contributed by atoms with van der Waals surface area (Å²) >= 11 is 1.61. The zero-order chi connectivity index (χ0) is 19.7. The van der Waals surface area contributed by atoms with Crippen molar-refractivity contribution >= 4 is 41.7 Å². The predicted molar refractivity (Wildman–Crippen MR) is 118 cm³/mol. The summed E-state index contributed by atoms with van der Waals surface area (Å²) in [5.41, 5.74) is 0. The molecule has 0 amide bonds. The van der Waals surface area contributed by atoms with E-state index in [2.05, 4.69) is 30.4 Å². The van der Waals surface area contributed by atoms with Crippen LogP contribution in [0.5, 0.6) is 0 Å². The summed E-state index contributed by atoms with van der Waals surface area (Å²) < 4.78 is 39.1. The molecule has 0 unspecified atom stereocenters. The lowest BCUT2D eigenvalue weighted by atomic mass is 10.2. The van der Waals surface area contributed by atoms with Crippen LogP contribution in [-0.4, -0.2) is 52.8 Å². The van der Waals surface area contributed by atoms with Crippen molar-refractivity contribution in [1.29, 1.82) is 0 Å². The lowest BCUT2D eigenvalue weighted by Crippen LogP contribution is -2.39. The van der Waals surface area contributed by atoms with E-state index in [1.54, 1.807) is 11.8 Å². The van der Waals surface area contributed by atoms with E-state index < -0.39 is 12.6 Å². The molecule has 0 bridgehead atoms. The Morgan fingerprint density at radius 1 is 1.25 bits per heavy atom. The van der Waals surface area contributed by atoms with Gasteiger partial charge in [-0.2, -0.15) is 13.2 Å². The number of thioether (sulfide) groups is 1. The summed E-state index contributed by atoms with van der Waals surface area (Å²) in [7, 11) is 0. The molecule has 1 aromatic rings. The molecule has 11 heteroatoms. The number of rotatable bonds is 9. The third kappa shape index (κ3) is 8.34. The number of alkyl halides is 3. The molecule has 1 aliphatic rings. The van der Waals surface area contributed by atoms with Crippen LogP contribution in [0.15, 0.2) is 10.1 Å². The van der Waals surface area contributed by atoms with Gasteiger partial charge in [-0.15, -0.1) is 34.2 Å². The Hall–Kier alpha value is -0.720. The Labute approximate surface area is 185 Å². The van der Waals surface area contributed by atoms with Gasteiger partial charge in [-0.3, -0.25) is 4.99 Å². The normalized spacial score (nSPS) is 15.5. The van der Waals surface area contributed by atoms with E-state index in [1.807, 2.05) is 13.2 Å². The molecule has 1 heterocycles. The van der Waals surface area contributed by atoms with Crippen molar-refractivity contribution in [3.8, 4) is 0 Å². The Bertz CT molecular complexity index is 602. The maximum absolute atomic E-state index is 12.3. The van der Waals surface area contributed by atoms with Crippen LogP contribution in [-0.2, 0) is 6.42 Å². The minimum atomic E-state index is -4.16. The lowest BCUT2D eigenvalue weighted by molar-refractivity contribution is -0.132. The fourth-order valence-electron chi connectivity index (χ4n) is 3.24. The van der Waals surface area contributed by atoms with Gasteiger partial charge in [0.15, 0.2) is 11.1 Å². The van der Waals surface area contributed by atoms with Gasteiger partial charge in [0.25, 0.3) is 0 Å². The molecule has 2 rings (SSSR count). The quantitative estimate of drug-likeness (QED) is 0.164. The molecule has 0 aromatic carbocycles. The van der Waals surface area contributed by atoms with Gasteiger partial charge >= 0.3 is 6.18 Å². The van der Waals surface area contributed by atoms with E-state index >= 15 is 0 Å². The molecule has 28 heavy (non-hydrogen) atoms. The van der Waals surface area contributed by atoms with Crippen molar-refractivity contribution in [2.45, 2.75) is 69.2 Å². The van der Waals surface area contributed by atoms with Crippen LogP contribution in [0.25, 0.3) is 0 Å². The van der Waals surface area contributed by atoms with Crippen molar-refractivity contribution in [2.75, 3.05) is 25.9 Å². The third-order valence-electron chi connectivity index (χ3n) is 4.48. The second-order valence-electron chi connectivity index (χ2n) is 6.57. The highest BCUT2D eigenvalue weighted by molar-refractivity contribution is 14.0. The fraction of sp³-hybridized carbons (Fsp3) is 0.824. The van der Waals surface area contributed by atoms with E-state index in [0.29, 0.717) is 25.1 Å². The Kier molecular flexibility index (Phi) is 11.5. The number of aryl methyl sites for hydroxylation is 1. The van der Waals surface area contributed by atoms with Gasteiger partial charge in [-0.05, 0) is 32.4 Å². The number of aromatic nitrogens is 3. The average molecular weight is 534 g/mol. The summed E-state index contributed by atoms with van der Waals surface area (Å²) in [6, 6.07) is 0.488. The SMILES string of the molecule is CCNC(=NCCCc1nnc(SC)n1C1CCCC1)NCCC(F)(F)F.I. The number of hydrogen-bond donors (Lipinski definition) is 2. The van der Waals surface area contributed by atoms with Crippen LogP contribution in [0.1, 0.15) is 57.3 Å². The number of hydrogen-bond acceptors (Lipinski definition) is 4. The second kappa shape index (κ2) is 12.8. The molecule has 0 atom stereocenters. The number of guanidine groups is 1. The number of nitrogens with zero attached hydrogens (tertiary/aromatic N) is 4. The van der Waals surface area contributed by atoms with E-state index in [-0.39, 0.29) is 30.5 Å². The summed E-state index contributed by atoms with van der Waals surface area (Å²) in [5.74, 6) is 1.40. The Morgan fingerprint density at radius 3 is 2.57 bits per heavy atom. The molecular formula is C17H30F3IN6S. The Balaban J connectivity index is 0.00000392. The first-order valence-corrected chi connectivity index (χ1v) is 10.7. The summed E-state index contributed by atoms with van der Waals surface area (Å²) in [6.45, 7) is 2.83. The Morgan fingerprint density at radius 2 is 1.96 bits per heavy atom. The minimum Gasteiger partial charge on any atom is -0.357 e. The highest BCUT2D eigenvalue weighted by atomic mass is 127. The zero-order valence-electron chi connectivity index (χ0n) is 16.4. The largest absolute Gasteiger partial charge is 0.390 e. The van der Waals surface area contributed by atoms with Gasteiger partial charge in [0.05, 0.1) is 6.42 Å². The van der Waals surface area contributed by atoms with Gasteiger partial charge in [0.1, 0.15) is 5.82 Å². The van der Waals surface area contributed by atoms with Crippen molar-refractivity contribution in [3.05, 3.63) is 5.82 Å². The van der Waals surface area contributed by atoms with E-state index in [4.69, 9.17) is 0 Å². The van der Waals surface area contributed by atoms with Crippen molar-refractivity contribution < 1.29 is 13.2 Å². The van der Waals surface area contributed by atoms with Crippen LogP contribution in [0, 0.1) is 0 Å². The monoisotopic (exact) mass is 534 g/mol. The van der Waals surface area contributed by atoms with E-state index in [0.717, 1.165) is 23.8 Å². The maximum atomic E-state index is 12.3. The summed E-state index contributed by atoms with van der Waals surface area (Å²) in [6.07, 6.45) is 3.34. The number of aliphatic imine (C=N–C) groups is 1. The molecule has 1 saturated carbocycles. The van der Waals surface area contributed by atoms with Gasteiger partial charge in [-0.25, -0.2) is 0 Å². The maximum Gasteiger partial charge on any atom is 0.390 e.